The molecule has 2 rings (SSSR count). The predicted octanol–water partition coefficient (Wildman–Crippen LogP) is 1.68. The van der Waals surface area contributed by atoms with Crippen LogP contribution < -0.4 is 17.2 Å². The van der Waals surface area contributed by atoms with Crippen molar-refractivity contribution in [1.29, 1.82) is 5.26 Å². The van der Waals surface area contributed by atoms with Gasteiger partial charge in [-0.15, -0.1) is 0 Å². The molecule has 2 aromatic carbocycles. The van der Waals surface area contributed by atoms with Crippen LogP contribution in [0.1, 0.15) is 11.1 Å². The Morgan fingerprint density at radius 3 is 1.92 bits per heavy atom. The molecule has 0 unspecified atom stereocenters. The number of nitriles is 1. The van der Waals surface area contributed by atoms with Gasteiger partial charge in [-0.05, 0) is 17.7 Å². The van der Waals surface area contributed by atoms with E-state index in [0.29, 0.717) is 11.3 Å². The van der Waals surface area contributed by atoms with Crippen LogP contribution in [0.15, 0.2) is 36.4 Å². The van der Waals surface area contributed by atoms with Gasteiger partial charge in [0.25, 0.3) is 11.4 Å². The van der Waals surface area contributed by atoms with Crippen LogP contribution in [0.25, 0.3) is 0 Å². The van der Waals surface area contributed by atoms with E-state index >= 15 is 0 Å². The lowest BCUT2D eigenvalue weighted by atomic mass is 10.1. The van der Waals surface area contributed by atoms with E-state index in [-0.39, 0.29) is 29.2 Å². The maximum atomic E-state index is 10.3. The van der Waals surface area contributed by atoms with Crippen LogP contribution in [0.4, 0.5) is 22.7 Å². The summed E-state index contributed by atoms with van der Waals surface area (Å²) in [6, 6.07) is 9.74. The molecular weight excluding hydrogens is 316 g/mol. The third-order valence-electron chi connectivity index (χ3n) is 2.93. The summed E-state index contributed by atoms with van der Waals surface area (Å²) < 4.78 is 0. The molecule has 2 aromatic rings. The maximum absolute atomic E-state index is 10.3. The molecule has 0 aromatic heterocycles. The molecule has 0 atom stereocenters. The van der Waals surface area contributed by atoms with Gasteiger partial charge < -0.3 is 17.2 Å². The molecule has 0 aliphatic heterocycles. The first kappa shape index (κ1) is 18.3. The van der Waals surface area contributed by atoms with Crippen molar-refractivity contribution in [1.82, 2.24) is 0 Å². The average Bonchev–Trinajstić information content (AvgIpc) is 2.55. The normalized spacial score (nSPS) is 9.33. The molecule has 0 bridgehead atoms. The van der Waals surface area contributed by atoms with Gasteiger partial charge in [-0.3, -0.25) is 20.2 Å². The number of rotatable bonds is 3. The zero-order chi connectivity index (χ0) is 18.3. The van der Waals surface area contributed by atoms with Crippen molar-refractivity contribution in [2.45, 2.75) is 6.54 Å². The number of benzene rings is 2. The Bertz CT molecular complexity index is 815. The number of nitrogens with zero attached hydrogens (tertiary/aromatic N) is 3. The van der Waals surface area contributed by atoms with Gasteiger partial charge in [-0.25, -0.2) is 0 Å². The van der Waals surface area contributed by atoms with E-state index in [2.05, 4.69) is 0 Å². The molecule has 6 N–H and O–H groups in total. The molecule has 0 heterocycles. The van der Waals surface area contributed by atoms with Crippen LogP contribution in [-0.4, -0.2) is 9.85 Å². The molecule has 0 amide bonds. The largest absolute Gasteiger partial charge is 0.398 e. The highest BCUT2D eigenvalue weighted by molar-refractivity contribution is 5.58. The molecule has 124 valence electrons. The van der Waals surface area contributed by atoms with Gasteiger partial charge in [-0.2, -0.15) is 5.26 Å². The van der Waals surface area contributed by atoms with Crippen LogP contribution in [0.3, 0.4) is 0 Å². The van der Waals surface area contributed by atoms with Gasteiger partial charge in [0.1, 0.15) is 6.07 Å². The molecule has 0 saturated carbocycles. The summed E-state index contributed by atoms with van der Waals surface area (Å²) in [5.41, 5.74) is 17.5. The van der Waals surface area contributed by atoms with Crippen molar-refractivity contribution in [3.63, 3.8) is 0 Å². The summed E-state index contributed by atoms with van der Waals surface area (Å²) >= 11 is 0. The average molecular weight is 330 g/mol. The summed E-state index contributed by atoms with van der Waals surface area (Å²) in [7, 11) is 0. The number of hydrogen-bond donors (Lipinski definition) is 3. The van der Waals surface area contributed by atoms with E-state index < -0.39 is 9.85 Å². The first-order valence-electron chi connectivity index (χ1n) is 6.47. The molecule has 0 radical (unpaired) electrons. The van der Waals surface area contributed by atoms with Crippen LogP contribution in [0, 0.1) is 31.6 Å². The van der Waals surface area contributed by atoms with E-state index in [4.69, 9.17) is 22.5 Å². The zero-order valence-corrected chi connectivity index (χ0v) is 12.4. The summed E-state index contributed by atoms with van der Waals surface area (Å²) in [6.07, 6.45) is 0. The number of nitro benzene ring substituents is 2. The lowest BCUT2D eigenvalue weighted by Crippen LogP contribution is -2.02. The highest BCUT2D eigenvalue weighted by Crippen LogP contribution is 2.19. The third-order valence-corrected chi connectivity index (χ3v) is 2.93. The van der Waals surface area contributed by atoms with Crippen molar-refractivity contribution in [3.05, 3.63) is 67.8 Å². The minimum absolute atomic E-state index is 0.0182. The minimum atomic E-state index is -0.569. The van der Waals surface area contributed by atoms with Crippen molar-refractivity contribution < 1.29 is 9.85 Å². The lowest BCUT2D eigenvalue weighted by molar-refractivity contribution is -0.385. The monoisotopic (exact) mass is 330 g/mol. The molecular formula is C14H14N6O4. The van der Waals surface area contributed by atoms with Gasteiger partial charge in [0.05, 0.1) is 15.4 Å². The van der Waals surface area contributed by atoms with E-state index in [1.807, 2.05) is 0 Å². The Labute approximate surface area is 136 Å². The summed E-state index contributed by atoms with van der Waals surface area (Å²) in [6.45, 7) is 0.216. The van der Waals surface area contributed by atoms with Gasteiger partial charge in [0.2, 0.25) is 0 Å². The summed E-state index contributed by atoms with van der Waals surface area (Å²) in [4.78, 5) is 19.5. The molecule has 0 saturated heterocycles. The van der Waals surface area contributed by atoms with Crippen LogP contribution in [0.2, 0.25) is 0 Å². The molecule has 0 aliphatic rings. The fourth-order valence-electron chi connectivity index (χ4n) is 1.64. The second-order valence-corrected chi connectivity index (χ2v) is 4.48. The summed E-state index contributed by atoms with van der Waals surface area (Å²) in [5.74, 6) is 0. The SMILES string of the molecule is N#Cc1cc([N+](=O)[O-])ccc1N.NCc1cc([N+](=O)[O-])ccc1N. The lowest BCUT2D eigenvalue weighted by Gasteiger charge is -2.00. The van der Waals surface area contributed by atoms with Crippen LogP contribution in [-0.2, 0) is 6.54 Å². The molecule has 0 fully saturated rings. The Balaban J connectivity index is 0.000000240. The quantitative estimate of drug-likeness (QED) is 0.430. The molecule has 10 heteroatoms. The number of hydrogen-bond acceptors (Lipinski definition) is 8. The van der Waals surface area contributed by atoms with Crippen LogP contribution >= 0.6 is 0 Å². The Kier molecular flexibility index (Phi) is 6.16. The Morgan fingerprint density at radius 1 is 0.958 bits per heavy atom. The second-order valence-electron chi connectivity index (χ2n) is 4.48. The summed E-state index contributed by atoms with van der Waals surface area (Å²) in [5, 5.41) is 29.0. The minimum Gasteiger partial charge on any atom is -0.398 e. The number of nitrogens with two attached hydrogens (primary N) is 3. The van der Waals surface area contributed by atoms with Crippen molar-refractivity contribution in [2.75, 3.05) is 11.5 Å². The molecule has 0 spiro atoms. The Morgan fingerprint density at radius 2 is 1.46 bits per heavy atom. The number of non-ortho nitro benzene ring substituents is 2. The van der Waals surface area contributed by atoms with E-state index in [9.17, 15) is 20.2 Å². The van der Waals surface area contributed by atoms with Crippen molar-refractivity contribution in [2.24, 2.45) is 5.73 Å². The van der Waals surface area contributed by atoms with Crippen LogP contribution in [0.5, 0.6) is 0 Å². The highest BCUT2D eigenvalue weighted by atomic mass is 16.6. The highest BCUT2D eigenvalue weighted by Gasteiger charge is 2.08. The predicted molar refractivity (Wildman–Crippen MR) is 87.6 cm³/mol. The fraction of sp³-hybridized carbons (Fsp3) is 0.0714. The van der Waals surface area contributed by atoms with E-state index in [1.165, 1.54) is 30.3 Å². The fourth-order valence-corrected chi connectivity index (χ4v) is 1.64. The van der Waals surface area contributed by atoms with E-state index in [1.54, 1.807) is 6.07 Å². The number of nitrogen functional groups attached to an aromatic ring is 2. The molecule has 24 heavy (non-hydrogen) atoms. The molecule has 0 aliphatic carbocycles. The van der Waals surface area contributed by atoms with Crippen molar-refractivity contribution >= 4 is 22.7 Å². The van der Waals surface area contributed by atoms with Crippen molar-refractivity contribution in [3.8, 4) is 6.07 Å². The zero-order valence-electron chi connectivity index (χ0n) is 12.4. The first-order valence-corrected chi connectivity index (χ1v) is 6.47. The van der Waals surface area contributed by atoms with E-state index in [0.717, 1.165) is 6.07 Å². The van der Waals surface area contributed by atoms with Gasteiger partial charge in [0, 0.05) is 42.2 Å². The molecule has 10 nitrogen and oxygen atoms in total. The number of nitro groups is 2. The second kappa shape index (κ2) is 8.06. The van der Waals surface area contributed by atoms with Gasteiger partial charge in [0.15, 0.2) is 0 Å². The number of anilines is 2. The Hall–Kier alpha value is -3.71. The maximum Gasteiger partial charge on any atom is 0.270 e. The topological polar surface area (TPSA) is 188 Å². The van der Waals surface area contributed by atoms with Gasteiger partial charge in [-0.1, -0.05) is 0 Å². The van der Waals surface area contributed by atoms with Gasteiger partial charge >= 0.3 is 0 Å². The smallest absolute Gasteiger partial charge is 0.270 e. The first-order chi connectivity index (χ1) is 11.3. The standard InChI is InChI=1S/C7H9N3O2.C7H5N3O2/c2*8-4-5-3-6(10(11)12)1-2-7(5)9/h1-3H,4,8-9H2;1-3H,9H2. The third kappa shape index (κ3) is 4.65.